The highest BCUT2D eigenvalue weighted by Gasteiger charge is 2.21. The molecule has 7 heteroatoms. The van der Waals surface area contributed by atoms with Gasteiger partial charge in [-0.15, -0.1) is 0 Å². The number of carbonyl (C=O) groups is 1. The molecule has 3 aromatic rings. The maximum atomic E-state index is 12.6. The van der Waals surface area contributed by atoms with E-state index in [1.807, 2.05) is 19.3 Å². The number of hydrogen-bond donors (Lipinski definition) is 1. The Hall–Kier alpha value is -2.50. The number of carbonyl (C=O) groups excluding carboxylic acids is 1. The van der Waals surface area contributed by atoms with E-state index in [0.29, 0.717) is 27.3 Å². The number of aromatic nitrogens is 2. The largest absolute Gasteiger partial charge is 0.497 e. The Bertz CT molecular complexity index is 983. The van der Waals surface area contributed by atoms with Gasteiger partial charge in [0.25, 0.3) is 0 Å². The fourth-order valence-electron chi connectivity index (χ4n) is 2.71. The number of nitrogens with two attached hydrogens (primary N) is 1. The van der Waals surface area contributed by atoms with Gasteiger partial charge in [-0.1, -0.05) is 35.3 Å². The molecule has 5 nitrogen and oxygen atoms in total. The number of methoxy groups -OCH3 is 1. The molecule has 0 radical (unpaired) electrons. The summed E-state index contributed by atoms with van der Waals surface area (Å²) in [4.78, 5) is 12.6. The van der Waals surface area contributed by atoms with Crippen LogP contribution in [0.3, 0.4) is 0 Å². The molecule has 2 aromatic carbocycles. The van der Waals surface area contributed by atoms with Crippen molar-refractivity contribution < 1.29 is 14.1 Å². The third-order valence-corrected chi connectivity index (χ3v) is 4.94. The molecule has 134 valence electrons. The molecule has 0 spiro atoms. The number of ether oxygens (including phenoxy) is 1. The summed E-state index contributed by atoms with van der Waals surface area (Å²) in [5, 5.41) is 0.946. The molecule has 1 heterocycles. The molecule has 0 unspecified atom stereocenters. The average Bonchev–Trinajstić information content (AvgIpc) is 2.92. The van der Waals surface area contributed by atoms with Crippen molar-refractivity contribution in [2.45, 2.75) is 6.54 Å². The lowest BCUT2D eigenvalue weighted by atomic mass is 10.1. The number of hydrogen-bond acceptors (Lipinski definition) is 3. The van der Waals surface area contributed by atoms with Crippen molar-refractivity contribution in [3.8, 4) is 17.0 Å². The standard InChI is InChI=1S/C19H17Cl2N3O2/c1-23-17(12-6-7-15(20)16(21)9-12)10-24(19(23)22)11-18(25)13-4-3-5-14(8-13)26-2/h3-10,22H,11H2,1-2H3/p+1. The number of ketones is 1. The lowest BCUT2D eigenvalue weighted by Crippen LogP contribution is -2.39. The molecule has 26 heavy (non-hydrogen) atoms. The first-order chi connectivity index (χ1) is 12.4. The number of imidazole rings is 1. The molecule has 0 amide bonds. The van der Waals surface area contributed by atoms with Crippen molar-refractivity contribution >= 4 is 34.9 Å². The molecule has 0 saturated carbocycles. The summed E-state index contributed by atoms with van der Waals surface area (Å²) in [5.74, 6) is 1.03. The Morgan fingerprint density at radius 3 is 2.65 bits per heavy atom. The van der Waals surface area contributed by atoms with Crippen molar-refractivity contribution in [3.63, 3.8) is 0 Å². The van der Waals surface area contributed by atoms with Crippen LogP contribution in [0.25, 0.3) is 11.3 Å². The van der Waals surface area contributed by atoms with Crippen LogP contribution in [-0.4, -0.2) is 17.5 Å². The average molecular weight is 391 g/mol. The van der Waals surface area contributed by atoms with E-state index in [-0.39, 0.29) is 12.3 Å². The van der Waals surface area contributed by atoms with Gasteiger partial charge >= 0.3 is 5.95 Å². The highest BCUT2D eigenvalue weighted by atomic mass is 35.5. The quantitative estimate of drug-likeness (QED) is 0.532. The number of nitrogens with zero attached hydrogens (tertiary/aromatic N) is 2. The minimum atomic E-state index is -0.0631. The molecule has 1 aromatic heterocycles. The Labute approximate surface area is 161 Å². The van der Waals surface area contributed by atoms with Crippen LogP contribution in [0.4, 0.5) is 5.95 Å². The fraction of sp³-hybridized carbons (Fsp3) is 0.158. The lowest BCUT2D eigenvalue weighted by Gasteiger charge is -2.03. The summed E-state index contributed by atoms with van der Waals surface area (Å²) in [6, 6.07) is 12.4. The van der Waals surface area contributed by atoms with Crippen molar-refractivity contribution in [3.05, 3.63) is 64.3 Å². The predicted octanol–water partition coefficient (Wildman–Crippen LogP) is 3.76. The second kappa shape index (κ2) is 7.40. The minimum Gasteiger partial charge on any atom is -0.497 e. The monoisotopic (exact) mass is 390 g/mol. The van der Waals surface area contributed by atoms with Crippen LogP contribution >= 0.6 is 23.2 Å². The highest BCUT2D eigenvalue weighted by molar-refractivity contribution is 6.42. The van der Waals surface area contributed by atoms with E-state index in [4.69, 9.17) is 33.7 Å². The fourth-order valence-corrected chi connectivity index (χ4v) is 3.01. The number of benzene rings is 2. The van der Waals surface area contributed by atoms with Crippen molar-refractivity contribution in [2.24, 2.45) is 7.05 Å². The number of Topliss-reactive ketones (excluding diaryl/α,β-unsaturated/α-hetero) is 1. The minimum absolute atomic E-state index is 0.0631. The zero-order valence-electron chi connectivity index (χ0n) is 14.4. The zero-order valence-corrected chi connectivity index (χ0v) is 15.9. The van der Waals surface area contributed by atoms with Gasteiger partial charge in [-0.05, 0) is 30.3 Å². The van der Waals surface area contributed by atoms with Crippen molar-refractivity contribution in [1.29, 1.82) is 0 Å². The normalized spacial score (nSPS) is 10.8. The van der Waals surface area contributed by atoms with E-state index < -0.39 is 0 Å². The second-order valence-electron chi connectivity index (χ2n) is 5.84. The van der Waals surface area contributed by atoms with Gasteiger partial charge in [0.2, 0.25) is 0 Å². The van der Waals surface area contributed by atoms with Crippen LogP contribution in [0.2, 0.25) is 10.0 Å². The zero-order chi connectivity index (χ0) is 18.8. The Balaban J connectivity index is 1.91. The molecule has 3 rings (SSSR count). The summed E-state index contributed by atoms with van der Waals surface area (Å²) < 4.78 is 8.68. The summed E-state index contributed by atoms with van der Waals surface area (Å²) in [6.45, 7) is 0.119. The van der Waals surface area contributed by atoms with E-state index in [0.717, 1.165) is 11.3 Å². The molecule has 0 saturated heterocycles. The van der Waals surface area contributed by atoms with Crippen LogP contribution < -0.4 is 15.0 Å². The summed E-state index contributed by atoms with van der Waals surface area (Å²) in [7, 11) is 3.40. The van der Waals surface area contributed by atoms with Gasteiger partial charge in [-0.25, -0.2) is 9.13 Å². The van der Waals surface area contributed by atoms with Crippen LogP contribution in [0.15, 0.2) is 48.7 Å². The summed E-state index contributed by atoms with van der Waals surface area (Å²) in [5.41, 5.74) is 8.44. The molecule has 0 aliphatic heterocycles. The van der Waals surface area contributed by atoms with Gasteiger partial charge in [-0.2, -0.15) is 0 Å². The SMILES string of the molecule is COc1cccc(C(=O)C[n+]2cc(-c3ccc(Cl)c(Cl)c3)n(C)c2N)c1. The van der Waals surface area contributed by atoms with Gasteiger partial charge in [0.05, 0.1) is 24.2 Å². The second-order valence-corrected chi connectivity index (χ2v) is 6.66. The molecule has 0 aliphatic carbocycles. The Kier molecular flexibility index (Phi) is 5.20. The number of rotatable bonds is 5. The van der Waals surface area contributed by atoms with Gasteiger partial charge in [0.15, 0.2) is 5.78 Å². The van der Waals surface area contributed by atoms with E-state index >= 15 is 0 Å². The molecule has 2 N–H and O–H groups in total. The van der Waals surface area contributed by atoms with Gasteiger partial charge in [0, 0.05) is 11.1 Å². The molecular weight excluding hydrogens is 373 g/mol. The molecule has 0 fully saturated rings. The predicted molar refractivity (Wildman–Crippen MR) is 103 cm³/mol. The highest BCUT2D eigenvalue weighted by Crippen LogP contribution is 2.28. The first kappa shape index (κ1) is 18.3. The van der Waals surface area contributed by atoms with E-state index in [1.165, 1.54) is 0 Å². The molecule has 0 atom stereocenters. The first-order valence-electron chi connectivity index (χ1n) is 7.88. The molecule has 0 bridgehead atoms. The van der Waals surface area contributed by atoms with Crippen LogP contribution in [0.1, 0.15) is 10.4 Å². The topological polar surface area (TPSA) is 61.1 Å². The van der Waals surface area contributed by atoms with Crippen LogP contribution in [-0.2, 0) is 13.6 Å². The number of anilines is 1. The Morgan fingerprint density at radius 1 is 1.19 bits per heavy atom. The molecule has 0 aliphatic rings. The summed E-state index contributed by atoms with van der Waals surface area (Å²) >= 11 is 12.1. The Morgan fingerprint density at radius 2 is 1.96 bits per heavy atom. The third-order valence-electron chi connectivity index (χ3n) is 4.20. The van der Waals surface area contributed by atoms with E-state index in [9.17, 15) is 4.79 Å². The maximum absolute atomic E-state index is 12.6. The number of nitrogen functional groups attached to an aromatic ring is 1. The van der Waals surface area contributed by atoms with Crippen molar-refractivity contribution in [1.82, 2.24) is 4.57 Å². The summed E-state index contributed by atoms with van der Waals surface area (Å²) in [6.07, 6.45) is 1.83. The lowest BCUT2D eigenvalue weighted by molar-refractivity contribution is -0.667. The van der Waals surface area contributed by atoms with E-state index in [2.05, 4.69) is 0 Å². The molecular formula is C19H18Cl2N3O2+. The van der Waals surface area contributed by atoms with Gasteiger partial charge < -0.3 is 4.74 Å². The van der Waals surface area contributed by atoms with Crippen molar-refractivity contribution in [2.75, 3.05) is 12.8 Å². The first-order valence-corrected chi connectivity index (χ1v) is 8.63. The maximum Gasteiger partial charge on any atom is 0.355 e. The van der Waals surface area contributed by atoms with Gasteiger partial charge in [0.1, 0.15) is 24.2 Å². The van der Waals surface area contributed by atoms with Gasteiger partial charge in [-0.3, -0.25) is 10.5 Å². The third kappa shape index (κ3) is 3.54. The smallest absolute Gasteiger partial charge is 0.355 e. The van der Waals surface area contributed by atoms with E-state index in [1.54, 1.807) is 52.6 Å². The van der Waals surface area contributed by atoms with Crippen LogP contribution in [0, 0.1) is 0 Å². The van der Waals surface area contributed by atoms with Crippen LogP contribution in [0.5, 0.6) is 5.75 Å². The number of halogens is 2.